The molecule has 0 saturated heterocycles. The highest BCUT2D eigenvalue weighted by Gasteiger charge is 2.36. The van der Waals surface area contributed by atoms with Crippen molar-refractivity contribution in [1.82, 2.24) is 0 Å². The zero-order valence-corrected chi connectivity index (χ0v) is 14.0. The number of carbonyl (C=O) groups is 3. The van der Waals surface area contributed by atoms with Crippen LogP contribution in [0.15, 0.2) is 30.4 Å². The van der Waals surface area contributed by atoms with Crippen molar-refractivity contribution >= 4 is 29.2 Å². The summed E-state index contributed by atoms with van der Waals surface area (Å²) in [5.74, 6) is -2.42. The summed E-state index contributed by atoms with van der Waals surface area (Å²) in [5, 5.41) is 14.8. The maximum atomic E-state index is 12.5. The maximum Gasteiger partial charge on any atom is 0.307 e. The molecule has 3 N–H and O–H groups in total. The molecule has 1 aliphatic heterocycles. The van der Waals surface area contributed by atoms with E-state index in [2.05, 4.69) is 10.6 Å². The fourth-order valence-electron chi connectivity index (χ4n) is 3.00. The highest BCUT2D eigenvalue weighted by Crippen LogP contribution is 2.36. The van der Waals surface area contributed by atoms with Crippen LogP contribution in [0.1, 0.15) is 26.7 Å². The number of rotatable bonds is 3. The van der Waals surface area contributed by atoms with Crippen molar-refractivity contribution in [2.75, 3.05) is 10.6 Å². The van der Waals surface area contributed by atoms with E-state index in [1.807, 2.05) is 6.08 Å². The first-order valence-corrected chi connectivity index (χ1v) is 8.11. The molecule has 0 saturated carbocycles. The van der Waals surface area contributed by atoms with Gasteiger partial charge in [0.2, 0.25) is 5.91 Å². The number of hydrogen-bond donors (Lipinski definition) is 3. The second kappa shape index (κ2) is 6.23. The van der Waals surface area contributed by atoms with E-state index >= 15 is 0 Å². The molecule has 2 amide bonds. The molecular formula is C18H20N2O5. The Hall–Kier alpha value is -2.83. The summed E-state index contributed by atoms with van der Waals surface area (Å²) in [6.45, 7) is 3.34. The topological polar surface area (TPSA) is 105 Å². The van der Waals surface area contributed by atoms with Gasteiger partial charge in [-0.05, 0) is 44.9 Å². The molecule has 1 aliphatic carbocycles. The summed E-state index contributed by atoms with van der Waals surface area (Å²) in [7, 11) is 0. The first-order chi connectivity index (χ1) is 11.8. The average molecular weight is 344 g/mol. The number of carbonyl (C=O) groups excluding carboxylic acids is 2. The fourth-order valence-corrected chi connectivity index (χ4v) is 3.00. The largest absolute Gasteiger partial charge is 0.481 e. The lowest BCUT2D eigenvalue weighted by atomic mass is 9.82. The molecule has 7 heteroatoms. The number of anilines is 2. The molecular weight excluding hydrogens is 324 g/mol. The van der Waals surface area contributed by atoms with Gasteiger partial charge in [0.05, 0.1) is 17.5 Å². The third-order valence-electron chi connectivity index (χ3n) is 4.49. The number of fused-ring (bicyclic) bond motifs is 1. The summed E-state index contributed by atoms with van der Waals surface area (Å²) in [6.07, 6.45) is 4.35. The van der Waals surface area contributed by atoms with Crippen molar-refractivity contribution in [2.24, 2.45) is 11.8 Å². The minimum Gasteiger partial charge on any atom is -0.481 e. The van der Waals surface area contributed by atoms with Crippen molar-refractivity contribution in [3.05, 3.63) is 30.4 Å². The number of amides is 2. The molecule has 1 aromatic carbocycles. The van der Waals surface area contributed by atoms with Crippen LogP contribution in [0.2, 0.25) is 0 Å². The molecule has 0 unspecified atom stereocenters. The summed E-state index contributed by atoms with van der Waals surface area (Å²) in [4.78, 5) is 35.8. The van der Waals surface area contributed by atoms with Gasteiger partial charge in [-0.1, -0.05) is 12.2 Å². The smallest absolute Gasteiger partial charge is 0.307 e. The summed E-state index contributed by atoms with van der Waals surface area (Å²) in [6, 6.07) is 4.94. The molecule has 25 heavy (non-hydrogen) atoms. The van der Waals surface area contributed by atoms with Gasteiger partial charge in [0, 0.05) is 5.69 Å². The summed E-state index contributed by atoms with van der Waals surface area (Å²) in [5.41, 5.74) is -0.00697. The minimum absolute atomic E-state index is 0.271. The molecule has 3 rings (SSSR count). The van der Waals surface area contributed by atoms with Crippen molar-refractivity contribution < 1.29 is 24.2 Å². The number of benzene rings is 1. The number of carboxylic acids is 1. The molecule has 2 aliphatic rings. The van der Waals surface area contributed by atoms with Gasteiger partial charge < -0.3 is 20.5 Å². The average Bonchev–Trinajstić information content (AvgIpc) is 2.56. The van der Waals surface area contributed by atoms with Crippen LogP contribution in [-0.4, -0.2) is 28.5 Å². The van der Waals surface area contributed by atoms with Crippen molar-refractivity contribution in [3.8, 4) is 5.75 Å². The van der Waals surface area contributed by atoms with Crippen LogP contribution in [0.25, 0.3) is 0 Å². The van der Waals surface area contributed by atoms with E-state index in [1.54, 1.807) is 38.1 Å². The lowest BCUT2D eigenvalue weighted by Crippen LogP contribution is -2.45. The predicted molar refractivity (Wildman–Crippen MR) is 91.4 cm³/mol. The van der Waals surface area contributed by atoms with Gasteiger partial charge in [-0.25, -0.2) is 0 Å². The molecule has 0 fully saturated rings. The van der Waals surface area contributed by atoms with Gasteiger partial charge in [-0.3, -0.25) is 14.4 Å². The van der Waals surface area contributed by atoms with Crippen molar-refractivity contribution in [3.63, 3.8) is 0 Å². The van der Waals surface area contributed by atoms with Crippen LogP contribution in [0.5, 0.6) is 5.75 Å². The van der Waals surface area contributed by atoms with Crippen molar-refractivity contribution in [2.45, 2.75) is 32.3 Å². The number of nitrogens with one attached hydrogen (secondary N) is 2. The van der Waals surface area contributed by atoms with E-state index in [9.17, 15) is 19.5 Å². The van der Waals surface area contributed by atoms with Gasteiger partial charge in [0.25, 0.3) is 5.91 Å². The molecule has 0 aromatic heterocycles. The number of aliphatic carboxylic acids is 1. The highest BCUT2D eigenvalue weighted by molar-refractivity contribution is 6.02. The SMILES string of the molecule is CC1(C)Oc2ccc(NC(=O)[C@H]3CC=CC[C@H]3C(=O)O)cc2NC1=O. The minimum atomic E-state index is -0.974. The lowest BCUT2D eigenvalue weighted by molar-refractivity contribution is -0.146. The van der Waals surface area contributed by atoms with Gasteiger partial charge in [0.1, 0.15) is 5.75 Å². The zero-order chi connectivity index (χ0) is 18.2. The van der Waals surface area contributed by atoms with Crippen LogP contribution < -0.4 is 15.4 Å². The Bertz CT molecular complexity index is 769. The van der Waals surface area contributed by atoms with Gasteiger partial charge in [0.15, 0.2) is 5.60 Å². The Morgan fingerprint density at radius 2 is 1.92 bits per heavy atom. The second-order valence-corrected chi connectivity index (χ2v) is 6.76. The molecule has 1 heterocycles. The van der Waals surface area contributed by atoms with Crippen LogP contribution in [-0.2, 0) is 14.4 Å². The monoisotopic (exact) mass is 344 g/mol. The van der Waals surface area contributed by atoms with Gasteiger partial charge in [-0.2, -0.15) is 0 Å². The predicted octanol–water partition coefficient (Wildman–Crippen LogP) is 2.40. The Balaban J connectivity index is 1.77. The Morgan fingerprint density at radius 1 is 1.24 bits per heavy atom. The number of hydrogen-bond acceptors (Lipinski definition) is 4. The summed E-state index contributed by atoms with van der Waals surface area (Å²) >= 11 is 0. The van der Waals surface area contributed by atoms with Crippen molar-refractivity contribution in [1.29, 1.82) is 0 Å². The van der Waals surface area contributed by atoms with E-state index in [0.717, 1.165) is 0 Å². The molecule has 2 atom stereocenters. The zero-order valence-electron chi connectivity index (χ0n) is 14.0. The van der Waals surface area contributed by atoms with Crippen LogP contribution in [0.3, 0.4) is 0 Å². The van der Waals surface area contributed by atoms with Gasteiger partial charge in [-0.15, -0.1) is 0 Å². The molecule has 7 nitrogen and oxygen atoms in total. The van der Waals surface area contributed by atoms with E-state index in [-0.39, 0.29) is 11.8 Å². The van der Waals surface area contributed by atoms with E-state index in [0.29, 0.717) is 30.0 Å². The third kappa shape index (κ3) is 3.35. The van der Waals surface area contributed by atoms with Crippen LogP contribution in [0, 0.1) is 11.8 Å². The lowest BCUT2D eigenvalue weighted by Gasteiger charge is -2.31. The Labute approximate surface area is 145 Å². The Morgan fingerprint density at radius 3 is 2.60 bits per heavy atom. The fraction of sp³-hybridized carbons (Fsp3) is 0.389. The molecule has 0 radical (unpaired) electrons. The third-order valence-corrected chi connectivity index (χ3v) is 4.49. The molecule has 0 spiro atoms. The molecule has 132 valence electrons. The molecule has 0 bridgehead atoms. The molecule has 1 aromatic rings. The standard InChI is InChI=1S/C18H20N2O5/c1-18(2)17(24)20-13-9-10(7-8-14(13)25-18)19-15(21)11-5-3-4-6-12(11)16(22)23/h3-4,7-9,11-12H,5-6H2,1-2H3,(H,19,21)(H,20,24)(H,22,23)/t11-,12+/m0/s1. The second-order valence-electron chi connectivity index (χ2n) is 6.76. The first kappa shape index (κ1) is 17.0. The van der Waals surface area contributed by atoms with E-state index in [4.69, 9.17) is 4.74 Å². The van der Waals surface area contributed by atoms with E-state index < -0.39 is 23.4 Å². The maximum absolute atomic E-state index is 12.5. The van der Waals surface area contributed by atoms with Crippen LogP contribution >= 0.6 is 0 Å². The van der Waals surface area contributed by atoms with Gasteiger partial charge >= 0.3 is 5.97 Å². The number of ether oxygens (including phenoxy) is 1. The quantitative estimate of drug-likeness (QED) is 0.730. The van der Waals surface area contributed by atoms with E-state index in [1.165, 1.54) is 0 Å². The summed E-state index contributed by atoms with van der Waals surface area (Å²) < 4.78 is 5.64. The highest BCUT2D eigenvalue weighted by atomic mass is 16.5. The first-order valence-electron chi connectivity index (χ1n) is 8.11. The van der Waals surface area contributed by atoms with Crippen LogP contribution in [0.4, 0.5) is 11.4 Å². The number of carboxylic acid groups (broad SMARTS) is 1. The Kier molecular flexibility index (Phi) is 4.24. The normalized spacial score (nSPS) is 23.8. The number of allylic oxidation sites excluding steroid dienone is 2.